The number of aromatic amines is 1. The van der Waals surface area contributed by atoms with Crippen molar-refractivity contribution in [3.63, 3.8) is 0 Å². The van der Waals surface area contributed by atoms with Crippen LogP contribution in [0.5, 0.6) is 11.5 Å². The van der Waals surface area contributed by atoms with Crippen molar-refractivity contribution in [3.8, 4) is 11.5 Å². The summed E-state index contributed by atoms with van der Waals surface area (Å²) in [6.45, 7) is 3.18. The summed E-state index contributed by atoms with van der Waals surface area (Å²) < 4.78 is 11.2. The normalized spacial score (nSPS) is 15.6. The fourth-order valence-electron chi connectivity index (χ4n) is 3.84. The van der Waals surface area contributed by atoms with E-state index in [0.29, 0.717) is 13.2 Å². The molecule has 6 heteroatoms. The number of amides is 2. The molecule has 0 spiro atoms. The van der Waals surface area contributed by atoms with Gasteiger partial charge < -0.3 is 25.1 Å². The number of urea groups is 1. The Kier molecular flexibility index (Phi) is 5.10. The fourth-order valence-corrected chi connectivity index (χ4v) is 3.84. The van der Waals surface area contributed by atoms with Crippen molar-refractivity contribution in [1.29, 1.82) is 0 Å². The first kappa shape index (κ1) is 18.2. The predicted molar refractivity (Wildman–Crippen MR) is 109 cm³/mol. The van der Waals surface area contributed by atoms with Gasteiger partial charge in [0.25, 0.3) is 0 Å². The molecule has 2 amide bonds. The molecule has 1 aromatic heterocycles. The summed E-state index contributed by atoms with van der Waals surface area (Å²) in [7, 11) is 1.67. The number of rotatable bonds is 5. The molecular weight excluding hydrogens is 354 g/mol. The number of H-pyrrole nitrogens is 1. The third kappa shape index (κ3) is 3.50. The van der Waals surface area contributed by atoms with E-state index in [1.54, 1.807) is 7.11 Å². The second-order valence-electron chi connectivity index (χ2n) is 7.03. The lowest BCUT2D eigenvalue weighted by molar-refractivity contribution is 0.223. The molecular formula is C22H25N3O3. The topological polar surface area (TPSA) is 75.4 Å². The van der Waals surface area contributed by atoms with E-state index in [0.717, 1.165) is 51.9 Å². The standard InChI is InChI=1S/C22H25N3O3/c1-14-5-3-6-16-17(10-12-28-21(14)16)25-22(26)23-11-9-15-13-24-18-7-4-8-19(27-2)20(15)18/h3-8,13,17,24H,9-12H2,1-2H3,(H2,23,25,26)/t17-/m1/s1. The van der Waals surface area contributed by atoms with Crippen LogP contribution in [0, 0.1) is 6.92 Å². The molecule has 0 bridgehead atoms. The van der Waals surface area contributed by atoms with Crippen LogP contribution in [0.1, 0.15) is 29.2 Å². The molecule has 0 fully saturated rings. The predicted octanol–water partition coefficient (Wildman–Crippen LogP) is 3.85. The summed E-state index contributed by atoms with van der Waals surface area (Å²) in [4.78, 5) is 15.7. The zero-order chi connectivity index (χ0) is 19.5. The van der Waals surface area contributed by atoms with Crippen LogP contribution >= 0.6 is 0 Å². The van der Waals surface area contributed by atoms with Crippen LogP contribution in [0.2, 0.25) is 0 Å². The molecule has 0 unspecified atom stereocenters. The van der Waals surface area contributed by atoms with Crippen LogP contribution in [0.4, 0.5) is 4.79 Å². The highest BCUT2D eigenvalue weighted by molar-refractivity contribution is 5.89. The Morgan fingerprint density at radius 1 is 1.29 bits per heavy atom. The number of para-hydroxylation sites is 1. The molecule has 1 aliphatic heterocycles. The number of methoxy groups -OCH3 is 1. The number of hydrogen-bond donors (Lipinski definition) is 3. The number of aromatic nitrogens is 1. The lowest BCUT2D eigenvalue weighted by atomic mass is 9.98. The maximum Gasteiger partial charge on any atom is 0.315 e. The zero-order valence-electron chi connectivity index (χ0n) is 16.2. The Bertz CT molecular complexity index is 996. The molecule has 0 radical (unpaired) electrons. The largest absolute Gasteiger partial charge is 0.496 e. The molecule has 0 saturated carbocycles. The quantitative estimate of drug-likeness (QED) is 0.630. The van der Waals surface area contributed by atoms with Crippen molar-refractivity contribution < 1.29 is 14.3 Å². The first-order valence-electron chi connectivity index (χ1n) is 9.57. The van der Waals surface area contributed by atoms with E-state index in [4.69, 9.17) is 9.47 Å². The van der Waals surface area contributed by atoms with E-state index >= 15 is 0 Å². The van der Waals surface area contributed by atoms with Crippen molar-refractivity contribution >= 4 is 16.9 Å². The number of carbonyl (C=O) groups excluding carboxylic acids is 1. The van der Waals surface area contributed by atoms with E-state index in [9.17, 15) is 4.79 Å². The molecule has 28 heavy (non-hydrogen) atoms. The number of nitrogens with one attached hydrogen (secondary N) is 3. The second-order valence-corrected chi connectivity index (χ2v) is 7.03. The van der Waals surface area contributed by atoms with Gasteiger partial charge in [-0.05, 0) is 36.6 Å². The molecule has 1 atom stereocenters. The van der Waals surface area contributed by atoms with Gasteiger partial charge in [-0.2, -0.15) is 0 Å². The molecule has 1 aliphatic rings. The smallest absolute Gasteiger partial charge is 0.315 e. The van der Waals surface area contributed by atoms with Gasteiger partial charge in [0, 0.05) is 35.6 Å². The van der Waals surface area contributed by atoms with E-state index < -0.39 is 0 Å². The van der Waals surface area contributed by atoms with Gasteiger partial charge >= 0.3 is 6.03 Å². The number of hydrogen-bond acceptors (Lipinski definition) is 3. The van der Waals surface area contributed by atoms with Crippen LogP contribution in [-0.4, -0.2) is 31.3 Å². The average Bonchev–Trinajstić information content (AvgIpc) is 3.12. The first-order valence-corrected chi connectivity index (χ1v) is 9.57. The van der Waals surface area contributed by atoms with Crippen LogP contribution in [0.3, 0.4) is 0 Å². The molecule has 2 aromatic carbocycles. The molecule has 3 aromatic rings. The Morgan fingerprint density at radius 3 is 3.00 bits per heavy atom. The minimum Gasteiger partial charge on any atom is -0.496 e. The van der Waals surface area contributed by atoms with E-state index in [1.807, 2.05) is 49.5 Å². The molecule has 6 nitrogen and oxygen atoms in total. The number of benzene rings is 2. The molecule has 2 heterocycles. The maximum absolute atomic E-state index is 12.4. The van der Waals surface area contributed by atoms with Crippen molar-refractivity contribution in [3.05, 3.63) is 59.3 Å². The molecule has 0 aliphatic carbocycles. The second kappa shape index (κ2) is 7.84. The van der Waals surface area contributed by atoms with Crippen molar-refractivity contribution in [2.45, 2.75) is 25.8 Å². The Morgan fingerprint density at radius 2 is 2.14 bits per heavy atom. The van der Waals surface area contributed by atoms with Gasteiger partial charge in [-0.3, -0.25) is 0 Å². The van der Waals surface area contributed by atoms with Gasteiger partial charge in [0.2, 0.25) is 0 Å². The minimum absolute atomic E-state index is 0.0307. The zero-order valence-corrected chi connectivity index (χ0v) is 16.2. The highest BCUT2D eigenvalue weighted by Gasteiger charge is 2.24. The monoisotopic (exact) mass is 379 g/mol. The van der Waals surface area contributed by atoms with Crippen molar-refractivity contribution in [2.75, 3.05) is 20.3 Å². The number of carbonyl (C=O) groups is 1. The summed E-state index contributed by atoms with van der Waals surface area (Å²) in [5.74, 6) is 1.73. The van der Waals surface area contributed by atoms with E-state index in [1.165, 1.54) is 0 Å². The average molecular weight is 379 g/mol. The van der Waals surface area contributed by atoms with Gasteiger partial charge in [0.15, 0.2) is 0 Å². The lowest BCUT2D eigenvalue weighted by Gasteiger charge is -2.27. The summed E-state index contributed by atoms with van der Waals surface area (Å²) >= 11 is 0. The Labute approximate surface area is 164 Å². The Hall–Kier alpha value is -3.15. The van der Waals surface area contributed by atoms with Crippen LogP contribution in [-0.2, 0) is 6.42 Å². The summed E-state index contributed by atoms with van der Waals surface area (Å²) in [5.41, 5.74) is 4.30. The summed E-state index contributed by atoms with van der Waals surface area (Å²) in [5, 5.41) is 7.12. The molecule has 3 N–H and O–H groups in total. The number of ether oxygens (including phenoxy) is 2. The van der Waals surface area contributed by atoms with Crippen LogP contribution in [0.15, 0.2) is 42.6 Å². The van der Waals surface area contributed by atoms with Crippen LogP contribution in [0.25, 0.3) is 10.9 Å². The van der Waals surface area contributed by atoms with Crippen LogP contribution < -0.4 is 20.1 Å². The molecule has 4 rings (SSSR count). The lowest BCUT2D eigenvalue weighted by Crippen LogP contribution is -2.40. The first-order chi connectivity index (χ1) is 13.7. The third-order valence-corrected chi connectivity index (χ3v) is 5.23. The van der Waals surface area contributed by atoms with Gasteiger partial charge in [-0.1, -0.05) is 24.3 Å². The summed E-state index contributed by atoms with van der Waals surface area (Å²) in [6.07, 6.45) is 3.46. The van der Waals surface area contributed by atoms with E-state index in [2.05, 4.69) is 15.6 Å². The van der Waals surface area contributed by atoms with E-state index in [-0.39, 0.29) is 12.1 Å². The highest BCUT2D eigenvalue weighted by Crippen LogP contribution is 2.34. The third-order valence-electron chi connectivity index (χ3n) is 5.23. The van der Waals surface area contributed by atoms with Gasteiger partial charge in [0.1, 0.15) is 11.5 Å². The Balaban J connectivity index is 1.37. The van der Waals surface area contributed by atoms with Gasteiger partial charge in [-0.25, -0.2) is 4.79 Å². The van der Waals surface area contributed by atoms with Gasteiger partial charge in [-0.15, -0.1) is 0 Å². The van der Waals surface area contributed by atoms with Gasteiger partial charge in [0.05, 0.1) is 19.8 Å². The minimum atomic E-state index is -0.161. The SMILES string of the molecule is COc1cccc2[nH]cc(CCNC(=O)N[C@@H]3CCOc4c(C)cccc43)c12. The fraction of sp³-hybridized carbons (Fsp3) is 0.318. The molecule has 146 valence electrons. The maximum atomic E-state index is 12.4. The van der Waals surface area contributed by atoms with Crippen molar-refractivity contribution in [2.24, 2.45) is 0 Å². The summed E-state index contributed by atoms with van der Waals surface area (Å²) in [6, 6.07) is 11.8. The highest BCUT2D eigenvalue weighted by atomic mass is 16.5. The number of fused-ring (bicyclic) bond motifs is 2. The number of aryl methyl sites for hydroxylation is 1. The molecule has 0 saturated heterocycles. The van der Waals surface area contributed by atoms with Crippen molar-refractivity contribution in [1.82, 2.24) is 15.6 Å².